The van der Waals surface area contributed by atoms with Crippen molar-refractivity contribution in [1.82, 2.24) is 25.2 Å². The SMILES string of the molecule is Cc1ccccc1C1=CC=CC(Nc2nccc3cc(CN4CCC(O)C4)cnc23)(c2nc3cc(CNCCC(=O)O)cc(Cl)c3o2)[C@H]1C. The lowest BCUT2D eigenvalue weighted by molar-refractivity contribution is -0.136. The molecule has 4 heterocycles. The third-order valence-electron chi connectivity index (χ3n) is 9.58. The number of halogens is 1. The zero-order chi connectivity index (χ0) is 34.1. The minimum atomic E-state index is -0.970. The van der Waals surface area contributed by atoms with Crippen molar-refractivity contribution >= 4 is 51.0 Å². The quantitative estimate of drug-likeness (QED) is 0.115. The summed E-state index contributed by atoms with van der Waals surface area (Å²) < 4.78 is 6.57. The molecular formula is C38H39ClN6O4. The van der Waals surface area contributed by atoms with Gasteiger partial charge in [-0.25, -0.2) is 9.97 Å². The van der Waals surface area contributed by atoms with Gasteiger partial charge in [-0.05, 0) is 71.5 Å². The maximum absolute atomic E-state index is 11.0. The Labute approximate surface area is 289 Å². The van der Waals surface area contributed by atoms with Crippen molar-refractivity contribution < 1.29 is 19.4 Å². The molecule has 49 heavy (non-hydrogen) atoms. The number of β-amino-alcohol motifs (C(OH)–C–C–N with tert-alkyl or cyclic N) is 1. The number of pyridine rings is 2. The first-order valence-electron chi connectivity index (χ1n) is 16.6. The van der Waals surface area contributed by atoms with Crippen LogP contribution in [-0.4, -0.2) is 61.8 Å². The first-order chi connectivity index (χ1) is 23.7. The maximum atomic E-state index is 11.0. The Hall–Kier alpha value is -4.61. The van der Waals surface area contributed by atoms with Crippen LogP contribution in [0.1, 0.15) is 47.9 Å². The molecule has 0 saturated carbocycles. The highest BCUT2D eigenvalue weighted by Gasteiger charge is 2.45. The van der Waals surface area contributed by atoms with Crippen molar-refractivity contribution in [1.29, 1.82) is 0 Å². The topological polar surface area (TPSA) is 137 Å². The fourth-order valence-corrected chi connectivity index (χ4v) is 7.24. The Morgan fingerprint density at radius 3 is 2.82 bits per heavy atom. The highest BCUT2D eigenvalue weighted by molar-refractivity contribution is 6.34. The van der Waals surface area contributed by atoms with E-state index in [1.807, 2.05) is 42.6 Å². The Bertz CT molecular complexity index is 2090. The summed E-state index contributed by atoms with van der Waals surface area (Å²) in [6.45, 7) is 7.30. The van der Waals surface area contributed by atoms with Gasteiger partial charge in [0.15, 0.2) is 11.4 Å². The van der Waals surface area contributed by atoms with E-state index in [1.54, 1.807) is 6.20 Å². The smallest absolute Gasteiger partial charge is 0.304 e. The number of oxazole rings is 1. The number of anilines is 1. The van der Waals surface area contributed by atoms with Gasteiger partial charge in [0.2, 0.25) is 5.89 Å². The number of likely N-dealkylation sites (tertiary alicyclic amines) is 1. The summed E-state index contributed by atoms with van der Waals surface area (Å²) in [5.41, 5.74) is 6.19. The second kappa shape index (κ2) is 13.7. The number of aliphatic hydroxyl groups is 1. The van der Waals surface area contributed by atoms with E-state index in [1.165, 1.54) is 0 Å². The molecule has 1 fully saturated rings. The highest BCUT2D eigenvalue weighted by atomic mass is 35.5. The minimum absolute atomic E-state index is 0.0280. The number of aliphatic carboxylic acids is 1. The Morgan fingerprint density at radius 2 is 2.02 bits per heavy atom. The van der Waals surface area contributed by atoms with Crippen LogP contribution in [0.3, 0.4) is 0 Å². The van der Waals surface area contributed by atoms with Crippen LogP contribution in [0, 0.1) is 12.8 Å². The fourth-order valence-electron chi connectivity index (χ4n) is 6.96. The van der Waals surface area contributed by atoms with Gasteiger partial charge in [0, 0.05) is 56.4 Å². The van der Waals surface area contributed by atoms with Crippen LogP contribution in [0.2, 0.25) is 5.02 Å². The number of fused-ring (bicyclic) bond motifs is 2. The monoisotopic (exact) mass is 678 g/mol. The predicted octanol–water partition coefficient (Wildman–Crippen LogP) is 6.46. The summed E-state index contributed by atoms with van der Waals surface area (Å²) in [5.74, 6) is 0.0135. The Kier molecular flexibility index (Phi) is 9.21. The Balaban J connectivity index is 1.28. The van der Waals surface area contributed by atoms with Gasteiger partial charge in [0.1, 0.15) is 16.6 Å². The molecule has 252 valence electrons. The number of allylic oxidation sites excluding steroid dienone is 2. The van der Waals surface area contributed by atoms with Gasteiger partial charge in [0.05, 0.1) is 17.5 Å². The lowest BCUT2D eigenvalue weighted by atomic mass is 9.73. The van der Waals surface area contributed by atoms with E-state index in [0.29, 0.717) is 47.5 Å². The van der Waals surface area contributed by atoms with E-state index in [2.05, 4.69) is 59.7 Å². The molecule has 3 atom stereocenters. The molecule has 0 amide bonds. The van der Waals surface area contributed by atoms with E-state index < -0.39 is 11.5 Å². The van der Waals surface area contributed by atoms with Gasteiger partial charge in [-0.2, -0.15) is 0 Å². The van der Waals surface area contributed by atoms with Crippen molar-refractivity contribution in [3.8, 4) is 0 Å². The number of hydrogen-bond acceptors (Lipinski definition) is 9. The average Bonchev–Trinajstić information content (AvgIpc) is 3.71. The summed E-state index contributed by atoms with van der Waals surface area (Å²) in [7, 11) is 0. The summed E-state index contributed by atoms with van der Waals surface area (Å²) in [5, 5.41) is 27.3. The summed E-state index contributed by atoms with van der Waals surface area (Å²) in [6, 6.07) is 16.2. The third kappa shape index (κ3) is 6.69. The van der Waals surface area contributed by atoms with E-state index in [9.17, 15) is 9.90 Å². The second-order valence-corrected chi connectivity index (χ2v) is 13.4. The molecule has 2 unspecified atom stereocenters. The Morgan fingerprint density at radius 1 is 1.16 bits per heavy atom. The first kappa shape index (κ1) is 32.9. The van der Waals surface area contributed by atoms with Crippen molar-refractivity contribution in [2.24, 2.45) is 5.92 Å². The van der Waals surface area contributed by atoms with Gasteiger partial charge >= 0.3 is 5.97 Å². The molecule has 2 aliphatic rings. The van der Waals surface area contributed by atoms with Crippen molar-refractivity contribution in [2.45, 2.75) is 51.4 Å². The molecule has 1 aliphatic heterocycles. The van der Waals surface area contributed by atoms with Crippen LogP contribution >= 0.6 is 11.6 Å². The second-order valence-electron chi connectivity index (χ2n) is 13.0. The molecule has 0 spiro atoms. The first-order valence-corrected chi connectivity index (χ1v) is 17.0. The van der Waals surface area contributed by atoms with Crippen LogP contribution in [0.4, 0.5) is 5.82 Å². The molecule has 4 N–H and O–H groups in total. The van der Waals surface area contributed by atoms with Crippen LogP contribution in [-0.2, 0) is 23.4 Å². The number of aliphatic hydroxyl groups excluding tert-OH is 1. The molecule has 2 aromatic carbocycles. The molecule has 7 rings (SSSR count). The zero-order valence-corrected chi connectivity index (χ0v) is 28.2. The lowest BCUT2D eigenvalue weighted by Gasteiger charge is -2.39. The van der Waals surface area contributed by atoms with Gasteiger partial charge < -0.3 is 25.3 Å². The minimum Gasteiger partial charge on any atom is -0.481 e. The number of carboxylic acids is 1. The van der Waals surface area contributed by atoms with Crippen LogP contribution in [0.15, 0.2) is 83.6 Å². The molecular weight excluding hydrogens is 640 g/mol. The average molecular weight is 679 g/mol. The van der Waals surface area contributed by atoms with E-state index in [-0.39, 0.29) is 18.4 Å². The summed E-state index contributed by atoms with van der Waals surface area (Å²) >= 11 is 6.78. The molecule has 10 nitrogen and oxygen atoms in total. The normalized spacial score (nSPS) is 21.0. The van der Waals surface area contributed by atoms with E-state index >= 15 is 0 Å². The van der Waals surface area contributed by atoms with Gasteiger partial charge in [0.25, 0.3) is 0 Å². The number of carbonyl (C=O) groups is 1. The largest absolute Gasteiger partial charge is 0.481 e. The van der Waals surface area contributed by atoms with Crippen molar-refractivity contribution in [3.05, 3.63) is 112 Å². The number of aryl methyl sites for hydroxylation is 1. The lowest BCUT2D eigenvalue weighted by Crippen LogP contribution is -2.42. The third-order valence-corrected chi connectivity index (χ3v) is 9.86. The van der Waals surface area contributed by atoms with Gasteiger partial charge in [-0.1, -0.05) is 54.9 Å². The van der Waals surface area contributed by atoms with E-state index in [0.717, 1.165) is 58.2 Å². The molecule has 1 aliphatic carbocycles. The number of nitrogens with zero attached hydrogens (tertiary/aromatic N) is 4. The van der Waals surface area contributed by atoms with Crippen molar-refractivity contribution in [2.75, 3.05) is 25.0 Å². The van der Waals surface area contributed by atoms with Gasteiger partial charge in [-0.15, -0.1) is 0 Å². The van der Waals surface area contributed by atoms with Gasteiger partial charge in [-0.3, -0.25) is 14.7 Å². The summed E-state index contributed by atoms with van der Waals surface area (Å²) in [4.78, 5) is 27.9. The van der Waals surface area contributed by atoms with Crippen LogP contribution in [0.5, 0.6) is 0 Å². The van der Waals surface area contributed by atoms with E-state index in [4.69, 9.17) is 36.1 Å². The molecule has 3 aromatic heterocycles. The molecule has 1 saturated heterocycles. The molecule has 0 bridgehead atoms. The van der Waals surface area contributed by atoms with Crippen LogP contribution < -0.4 is 10.6 Å². The molecule has 0 radical (unpaired) electrons. The predicted molar refractivity (Wildman–Crippen MR) is 191 cm³/mol. The van der Waals surface area contributed by atoms with Crippen molar-refractivity contribution in [3.63, 3.8) is 0 Å². The number of carboxylic acid groups (broad SMARTS) is 1. The van der Waals surface area contributed by atoms with Crippen LogP contribution in [0.25, 0.3) is 27.6 Å². The number of aromatic nitrogens is 3. The molecule has 5 aromatic rings. The zero-order valence-electron chi connectivity index (χ0n) is 27.5. The summed E-state index contributed by atoms with van der Waals surface area (Å²) in [6.07, 6.45) is 10.5. The molecule has 11 heteroatoms. The number of nitrogens with one attached hydrogen (secondary N) is 2. The fraction of sp³-hybridized carbons (Fsp3) is 0.316. The highest BCUT2D eigenvalue weighted by Crippen LogP contribution is 2.46. The standard InChI is InChI=1S/C38H39ClN6O4/c1-23-6-3-4-7-29(23)30-8-5-12-38(24(30)2,37-43-32-18-25(17-31(39)35(32)49-37)19-40-13-10-33(47)48)44-36-34-27(9-14-41-36)16-26(20-42-34)21-45-15-11-28(46)22-45/h3-9,12,14,16-18,20,24,28,40,46H,10-11,13,15,19,21-22H2,1-2H3,(H,41,44)(H,47,48)/t24-,28?,38?/m0/s1. The number of benzene rings is 2. The maximum Gasteiger partial charge on any atom is 0.304 e. The number of hydrogen-bond donors (Lipinski definition) is 4. The number of rotatable bonds is 11.